The number of hydrogen-bond donors (Lipinski definition) is 0. The van der Waals surface area contributed by atoms with Crippen molar-refractivity contribution < 1.29 is 14.3 Å². The van der Waals surface area contributed by atoms with E-state index in [1.165, 1.54) is 12.4 Å². The van der Waals surface area contributed by atoms with Crippen molar-refractivity contribution in [3.63, 3.8) is 0 Å². The van der Waals surface area contributed by atoms with Crippen molar-refractivity contribution >= 4 is 17.5 Å². The third kappa shape index (κ3) is 2.89. The first-order chi connectivity index (χ1) is 11.7. The maximum atomic E-state index is 12.7. The Morgan fingerprint density at radius 3 is 2.96 bits per heavy atom. The predicted molar refractivity (Wildman–Crippen MR) is 84.3 cm³/mol. The van der Waals surface area contributed by atoms with Crippen LogP contribution in [0.25, 0.3) is 0 Å². The van der Waals surface area contributed by atoms with Crippen LogP contribution in [-0.4, -0.2) is 56.4 Å². The first-order valence-electron chi connectivity index (χ1n) is 7.83. The fourth-order valence-corrected chi connectivity index (χ4v) is 3.00. The first kappa shape index (κ1) is 15.2. The summed E-state index contributed by atoms with van der Waals surface area (Å²) < 4.78 is 13.1. The zero-order chi connectivity index (χ0) is 16.5. The van der Waals surface area contributed by atoms with E-state index in [0.717, 1.165) is 19.4 Å². The highest BCUT2D eigenvalue weighted by molar-refractivity contribution is 6.30. The molecular weight excluding hydrogens is 334 g/mol. The lowest BCUT2D eigenvalue weighted by atomic mass is 10.3. The van der Waals surface area contributed by atoms with Gasteiger partial charge in [-0.1, -0.05) is 11.6 Å². The van der Waals surface area contributed by atoms with Crippen LogP contribution in [0.3, 0.4) is 0 Å². The quantitative estimate of drug-likeness (QED) is 0.833. The van der Waals surface area contributed by atoms with Crippen LogP contribution >= 0.6 is 11.6 Å². The standard InChI is InChI=1S/C15H16ClN5O3/c16-10-6-17-15(18-7-10)24-11-2-4-20(9-11)13(22)12-8-19-21-3-1-5-23-14(12)21/h6-8,11H,1-5,9H2/t11-/m0/s1. The molecule has 0 N–H and O–H groups in total. The van der Waals surface area contributed by atoms with Gasteiger partial charge in [-0.3, -0.25) is 4.79 Å². The summed E-state index contributed by atoms with van der Waals surface area (Å²) in [7, 11) is 0. The molecule has 4 rings (SSSR count). The second kappa shape index (κ2) is 6.27. The average Bonchev–Trinajstić information content (AvgIpc) is 3.23. The third-order valence-electron chi connectivity index (χ3n) is 4.08. The van der Waals surface area contributed by atoms with Crippen LogP contribution in [0.4, 0.5) is 0 Å². The van der Waals surface area contributed by atoms with E-state index in [2.05, 4.69) is 15.1 Å². The fourth-order valence-electron chi connectivity index (χ4n) is 2.91. The monoisotopic (exact) mass is 349 g/mol. The van der Waals surface area contributed by atoms with Crippen LogP contribution in [-0.2, 0) is 6.54 Å². The van der Waals surface area contributed by atoms with Crippen LogP contribution in [0.1, 0.15) is 23.2 Å². The molecular formula is C15H16ClN5O3. The maximum absolute atomic E-state index is 12.7. The zero-order valence-electron chi connectivity index (χ0n) is 12.9. The first-order valence-corrected chi connectivity index (χ1v) is 8.20. The number of fused-ring (bicyclic) bond motifs is 1. The summed E-state index contributed by atoms with van der Waals surface area (Å²) in [5, 5.41) is 4.68. The van der Waals surface area contributed by atoms with E-state index >= 15 is 0 Å². The van der Waals surface area contributed by atoms with Crippen molar-refractivity contribution in [1.82, 2.24) is 24.6 Å². The maximum Gasteiger partial charge on any atom is 0.316 e. The topological polar surface area (TPSA) is 82.4 Å². The van der Waals surface area contributed by atoms with Gasteiger partial charge in [-0.2, -0.15) is 5.10 Å². The Hall–Kier alpha value is -2.35. The number of carbonyl (C=O) groups excluding carboxylic acids is 1. The summed E-state index contributed by atoms with van der Waals surface area (Å²) in [5.41, 5.74) is 0.512. The van der Waals surface area contributed by atoms with Gasteiger partial charge in [0.1, 0.15) is 11.7 Å². The van der Waals surface area contributed by atoms with E-state index in [0.29, 0.717) is 36.2 Å². The lowest BCUT2D eigenvalue weighted by Gasteiger charge is -2.19. The number of ether oxygens (including phenoxy) is 2. The molecule has 24 heavy (non-hydrogen) atoms. The molecule has 2 aromatic rings. The SMILES string of the molecule is O=C(c1cnn2c1OCCC2)N1CC[C@H](Oc2ncc(Cl)cn2)C1. The molecule has 0 saturated carbocycles. The largest absolute Gasteiger partial charge is 0.477 e. The summed E-state index contributed by atoms with van der Waals surface area (Å²) in [6.45, 7) is 2.49. The van der Waals surface area contributed by atoms with Gasteiger partial charge in [0.25, 0.3) is 5.91 Å². The van der Waals surface area contributed by atoms with Crippen molar-refractivity contribution in [2.24, 2.45) is 0 Å². The molecule has 0 bridgehead atoms. The van der Waals surface area contributed by atoms with Gasteiger partial charge in [-0.25, -0.2) is 14.6 Å². The third-order valence-corrected chi connectivity index (χ3v) is 4.27. The van der Waals surface area contributed by atoms with Gasteiger partial charge >= 0.3 is 6.01 Å². The molecule has 2 aliphatic heterocycles. The van der Waals surface area contributed by atoms with Gasteiger partial charge in [-0.15, -0.1) is 0 Å². The molecule has 0 aromatic carbocycles. The smallest absolute Gasteiger partial charge is 0.316 e. The summed E-state index contributed by atoms with van der Waals surface area (Å²) in [4.78, 5) is 22.5. The number of amides is 1. The van der Waals surface area contributed by atoms with Gasteiger partial charge in [0.2, 0.25) is 5.88 Å². The van der Waals surface area contributed by atoms with E-state index in [9.17, 15) is 4.79 Å². The highest BCUT2D eigenvalue weighted by Gasteiger charge is 2.32. The number of hydrogen-bond acceptors (Lipinski definition) is 6. The van der Waals surface area contributed by atoms with Crippen molar-refractivity contribution in [3.05, 3.63) is 29.2 Å². The van der Waals surface area contributed by atoms with Crippen molar-refractivity contribution in [3.8, 4) is 11.9 Å². The molecule has 0 spiro atoms. The van der Waals surface area contributed by atoms with E-state index in [1.807, 2.05) is 0 Å². The van der Waals surface area contributed by atoms with E-state index in [1.54, 1.807) is 15.8 Å². The summed E-state index contributed by atoms with van der Waals surface area (Å²) in [6, 6.07) is 0.268. The molecule has 2 aromatic heterocycles. The Labute approximate surface area is 143 Å². The molecule has 0 unspecified atom stereocenters. The molecule has 8 nitrogen and oxygen atoms in total. The number of aromatic nitrogens is 4. The number of nitrogens with zero attached hydrogens (tertiary/aromatic N) is 5. The van der Waals surface area contributed by atoms with Gasteiger partial charge < -0.3 is 14.4 Å². The number of likely N-dealkylation sites (tertiary alicyclic amines) is 1. The number of rotatable bonds is 3. The van der Waals surface area contributed by atoms with Gasteiger partial charge in [0, 0.05) is 25.9 Å². The van der Waals surface area contributed by atoms with Crippen LogP contribution in [0, 0.1) is 0 Å². The van der Waals surface area contributed by atoms with Crippen LogP contribution in [0.15, 0.2) is 18.6 Å². The highest BCUT2D eigenvalue weighted by Crippen LogP contribution is 2.25. The Bertz CT molecular complexity index is 748. The second-order valence-corrected chi connectivity index (χ2v) is 6.19. The summed E-state index contributed by atoms with van der Waals surface area (Å²) >= 11 is 5.75. The van der Waals surface area contributed by atoms with Gasteiger partial charge in [0.05, 0.1) is 36.8 Å². The molecule has 1 amide bonds. The van der Waals surface area contributed by atoms with Crippen LogP contribution in [0.2, 0.25) is 5.02 Å². The number of aryl methyl sites for hydroxylation is 1. The van der Waals surface area contributed by atoms with E-state index in [4.69, 9.17) is 21.1 Å². The Balaban J connectivity index is 1.42. The van der Waals surface area contributed by atoms with Gasteiger partial charge in [-0.05, 0) is 0 Å². The highest BCUT2D eigenvalue weighted by atomic mass is 35.5. The average molecular weight is 350 g/mol. The lowest BCUT2D eigenvalue weighted by molar-refractivity contribution is 0.0763. The molecule has 4 heterocycles. The minimum Gasteiger partial charge on any atom is -0.477 e. The lowest BCUT2D eigenvalue weighted by Crippen LogP contribution is -2.31. The van der Waals surface area contributed by atoms with Crippen molar-refractivity contribution in [2.45, 2.75) is 25.5 Å². The minimum atomic E-state index is -0.137. The summed E-state index contributed by atoms with van der Waals surface area (Å²) in [6.07, 6.45) is 6.04. The molecule has 126 valence electrons. The predicted octanol–water partition coefficient (Wildman–Crippen LogP) is 1.40. The fraction of sp³-hybridized carbons (Fsp3) is 0.467. The van der Waals surface area contributed by atoms with E-state index in [-0.39, 0.29) is 18.0 Å². The Morgan fingerprint density at radius 1 is 1.29 bits per heavy atom. The number of halogens is 1. The number of carbonyl (C=O) groups is 1. The van der Waals surface area contributed by atoms with Crippen LogP contribution < -0.4 is 9.47 Å². The normalized spacial score (nSPS) is 19.7. The van der Waals surface area contributed by atoms with Gasteiger partial charge in [0.15, 0.2) is 0 Å². The Morgan fingerprint density at radius 2 is 2.12 bits per heavy atom. The van der Waals surface area contributed by atoms with Crippen molar-refractivity contribution in [2.75, 3.05) is 19.7 Å². The molecule has 0 radical (unpaired) electrons. The molecule has 0 aliphatic carbocycles. The molecule has 1 atom stereocenters. The molecule has 9 heteroatoms. The molecule has 1 saturated heterocycles. The summed E-state index contributed by atoms with van der Waals surface area (Å²) in [5.74, 6) is 0.484. The van der Waals surface area contributed by atoms with Crippen molar-refractivity contribution in [1.29, 1.82) is 0 Å². The van der Waals surface area contributed by atoms with Crippen LogP contribution in [0.5, 0.6) is 11.9 Å². The van der Waals surface area contributed by atoms with E-state index < -0.39 is 0 Å². The minimum absolute atomic E-state index is 0.0822. The molecule has 2 aliphatic rings. The molecule has 1 fully saturated rings. The zero-order valence-corrected chi connectivity index (χ0v) is 13.6. The Kier molecular flexibility index (Phi) is 3.97. The second-order valence-electron chi connectivity index (χ2n) is 5.75.